The van der Waals surface area contributed by atoms with Crippen LogP contribution in [0.15, 0.2) is 35.2 Å². The summed E-state index contributed by atoms with van der Waals surface area (Å²) in [6.07, 6.45) is 5.91. The average Bonchev–Trinajstić information content (AvgIpc) is 3.38. The third kappa shape index (κ3) is 11.4. The first-order chi connectivity index (χ1) is 14.8. The quantitative estimate of drug-likeness (QED) is 0.249. The Labute approximate surface area is 204 Å². The minimum atomic E-state index is -2.17. The first-order valence-corrected chi connectivity index (χ1v) is 13.8. The van der Waals surface area contributed by atoms with Crippen molar-refractivity contribution in [1.29, 1.82) is 0 Å². The molecule has 2 heterocycles. The van der Waals surface area contributed by atoms with Crippen molar-refractivity contribution in [3.05, 3.63) is 61.0 Å². The van der Waals surface area contributed by atoms with E-state index in [1.54, 1.807) is 11.3 Å². The van der Waals surface area contributed by atoms with E-state index in [9.17, 15) is 8.78 Å². The van der Waals surface area contributed by atoms with Crippen molar-refractivity contribution >= 4 is 44.3 Å². The number of hydrogen-bond donors (Lipinski definition) is 1. The zero-order valence-electron chi connectivity index (χ0n) is 20.0. The lowest BCUT2D eigenvalue weighted by molar-refractivity contribution is 0.171. The van der Waals surface area contributed by atoms with Crippen LogP contribution in [0, 0.1) is 6.92 Å². The third-order valence-electron chi connectivity index (χ3n) is 4.21. The van der Waals surface area contributed by atoms with Crippen molar-refractivity contribution in [2.45, 2.75) is 86.0 Å². The molecule has 2 aromatic heterocycles. The maximum Gasteiger partial charge on any atom is 0.235 e. The molecule has 0 aliphatic rings. The Morgan fingerprint density at radius 1 is 1.26 bits per heavy atom. The van der Waals surface area contributed by atoms with Gasteiger partial charge in [-0.3, -0.25) is 0 Å². The van der Waals surface area contributed by atoms with Gasteiger partial charge in [-0.1, -0.05) is 67.8 Å². The number of unbranched alkanes of at least 4 members (excludes halogenated alkanes) is 1. The maximum atomic E-state index is 10.3. The van der Waals surface area contributed by atoms with E-state index in [4.69, 9.17) is 0 Å². The molecule has 0 spiro atoms. The maximum absolute atomic E-state index is 10.3. The van der Waals surface area contributed by atoms with E-state index in [1.165, 1.54) is 43.4 Å². The molecular formula is C25H38BrF2NS2. The summed E-state index contributed by atoms with van der Waals surface area (Å²) in [4.78, 5) is 4.24. The van der Waals surface area contributed by atoms with Gasteiger partial charge in [0.25, 0.3) is 0 Å². The molecule has 0 aliphatic carbocycles. The van der Waals surface area contributed by atoms with Crippen molar-refractivity contribution in [3.8, 4) is 0 Å². The highest BCUT2D eigenvalue weighted by molar-refractivity contribution is 9.08. The number of halogens is 3. The topological polar surface area (TPSA) is 12.0 Å². The van der Waals surface area contributed by atoms with Crippen molar-refractivity contribution < 1.29 is 8.78 Å². The van der Waals surface area contributed by atoms with Gasteiger partial charge in [0, 0.05) is 21.6 Å². The van der Waals surface area contributed by atoms with Crippen LogP contribution in [0.2, 0.25) is 0 Å². The fourth-order valence-electron chi connectivity index (χ4n) is 2.78. The van der Waals surface area contributed by atoms with Crippen LogP contribution in [0.5, 0.6) is 0 Å². The van der Waals surface area contributed by atoms with Crippen molar-refractivity contribution in [2.75, 3.05) is 0 Å². The highest BCUT2D eigenvalue weighted by Gasteiger charge is 2.16. The van der Waals surface area contributed by atoms with Crippen LogP contribution in [-0.2, 0) is 18.3 Å². The molecule has 2 rings (SSSR count). The largest absolute Gasteiger partial charge is 0.379 e. The molecule has 0 amide bonds. The Morgan fingerprint density at radius 3 is 2.35 bits per heavy atom. The van der Waals surface area contributed by atoms with E-state index in [-0.39, 0.29) is 0 Å². The number of hydrogen-bond acceptors (Lipinski definition) is 3. The molecule has 176 valence electrons. The predicted octanol–water partition coefficient (Wildman–Crippen LogP) is 9.75. The summed E-state index contributed by atoms with van der Waals surface area (Å²) in [6.45, 7) is 14.6. The van der Waals surface area contributed by atoms with E-state index in [2.05, 4.69) is 78.6 Å². The van der Waals surface area contributed by atoms with Crippen LogP contribution in [0.4, 0.5) is 8.78 Å². The zero-order chi connectivity index (χ0) is 23.8. The van der Waals surface area contributed by atoms with Gasteiger partial charge in [0.05, 0.1) is 10.6 Å². The minimum absolute atomic E-state index is 0.833. The Morgan fingerprint density at radius 2 is 1.90 bits per heavy atom. The molecule has 6 heteroatoms. The molecule has 0 unspecified atom stereocenters. The summed E-state index contributed by atoms with van der Waals surface area (Å²) in [5.74, 6) is 0. The predicted molar refractivity (Wildman–Crippen MR) is 142 cm³/mol. The van der Waals surface area contributed by atoms with Crippen LogP contribution in [0.3, 0.4) is 0 Å². The molecule has 0 aromatic carbocycles. The Bertz CT molecular complexity index is 775. The molecule has 0 aliphatic heterocycles. The monoisotopic (exact) mass is 533 g/mol. The van der Waals surface area contributed by atoms with Crippen molar-refractivity contribution in [3.63, 3.8) is 0 Å². The number of nitrogens with one attached hydrogen (secondary N) is 1. The van der Waals surface area contributed by atoms with Gasteiger partial charge in [0.15, 0.2) is 0 Å². The first-order valence-electron chi connectivity index (χ1n) is 10.9. The lowest BCUT2D eigenvalue weighted by Crippen LogP contribution is -2.11. The smallest absolute Gasteiger partial charge is 0.235 e. The number of thiophene rings is 2. The number of rotatable bonds is 9. The molecule has 1 N–H and O–H groups in total. The summed E-state index contributed by atoms with van der Waals surface area (Å²) in [6, 6.07) is 4.31. The van der Waals surface area contributed by atoms with Gasteiger partial charge >= 0.3 is 0 Å². The van der Waals surface area contributed by atoms with E-state index in [0.717, 1.165) is 31.6 Å². The fourth-order valence-corrected chi connectivity index (χ4v) is 5.62. The minimum Gasteiger partial charge on any atom is -0.379 e. The van der Waals surface area contributed by atoms with Gasteiger partial charge in [0.2, 0.25) is 6.43 Å². The second-order valence-corrected chi connectivity index (χ2v) is 9.39. The average molecular weight is 535 g/mol. The molecule has 2 aromatic rings. The Balaban J connectivity index is 0.00000134. The molecule has 0 saturated heterocycles. The zero-order valence-corrected chi connectivity index (χ0v) is 23.2. The second kappa shape index (κ2) is 17.6. The van der Waals surface area contributed by atoms with Gasteiger partial charge in [-0.15, -0.1) is 22.7 Å². The molecule has 0 bridgehead atoms. The SMILES string of the molecule is CC.CC(F)F.CCC/C=C(C)/C=C(/NCc1cccs1)c1sc(CC)c(CBr)c1C. The van der Waals surface area contributed by atoms with Gasteiger partial charge in [-0.05, 0) is 62.3 Å². The summed E-state index contributed by atoms with van der Waals surface area (Å²) in [5.41, 5.74) is 5.46. The summed E-state index contributed by atoms with van der Waals surface area (Å²) in [7, 11) is 0. The van der Waals surface area contributed by atoms with Gasteiger partial charge in [0.1, 0.15) is 0 Å². The lowest BCUT2D eigenvalue weighted by atomic mass is 10.1. The molecular weight excluding hydrogens is 496 g/mol. The third-order valence-corrected chi connectivity index (χ3v) is 7.16. The normalized spacial score (nSPS) is 11.6. The van der Waals surface area contributed by atoms with E-state index in [1.807, 2.05) is 25.2 Å². The molecule has 31 heavy (non-hydrogen) atoms. The van der Waals surface area contributed by atoms with Gasteiger partial charge in [-0.2, -0.15) is 0 Å². The molecule has 0 radical (unpaired) electrons. The molecule has 0 saturated carbocycles. The van der Waals surface area contributed by atoms with Gasteiger partial charge in [-0.25, -0.2) is 8.78 Å². The van der Waals surface area contributed by atoms with E-state index >= 15 is 0 Å². The lowest BCUT2D eigenvalue weighted by Gasteiger charge is -2.11. The number of alkyl halides is 3. The van der Waals surface area contributed by atoms with E-state index < -0.39 is 6.43 Å². The van der Waals surface area contributed by atoms with Crippen molar-refractivity contribution in [1.82, 2.24) is 5.32 Å². The molecule has 0 fully saturated rings. The number of aryl methyl sites for hydroxylation is 1. The Kier molecular flexibility index (Phi) is 17.0. The van der Waals surface area contributed by atoms with Gasteiger partial charge < -0.3 is 5.32 Å². The highest BCUT2D eigenvalue weighted by Crippen LogP contribution is 2.35. The summed E-state index contributed by atoms with van der Waals surface area (Å²) < 4.78 is 20.7. The fraction of sp³-hybridized carbons (Fsp3) is 0.520. The Hall–Kier alpha value is -0.980. The van der Waals surface area contributed by atoms with Crippen LogP contribution >= 0.6 is 38.6 Å². The van der Waals surface area contributed by atoms with E-state index in [0.29, 0.717) is 0 Å². The van der Waals surface area contributed by atoms with Crippen LogP contribution in [0.25, 0.3) is 5.70 Å². The summed E-state index contributed by atoms with van der Waals surface area (Å²) in [5, 5.41) is 6.77. The molecule has 0 atom stereocenters. The standard InChI is InChI=1S/C21H28BrNS2.C2H4F2.C2H6/c1-5-7-9-15(3)12-19(23-14-17-10-8-11-24-17)21-16(4)18(13-22)20(6-2)25-21;1-2(3)4;1-2/h8-12,23H,5-7,13-14H2,1-4H3;2H,1H3;1-2H3/b15-9+,19-12+;;. The highest BCUT2D eigenvalue weighted by atomic mass is 79.9. The first kappa shape index (κ1) is 30.0. The van der Waals surface area contributed by atoms with Crippen LogP contribution < -0.4 is 5.32 Å². The number of allylic oxidation sites excluding steroid dienone is 3. The van der Waals surface area contributed by atoms with Crippen molar-refractivity contribution in [2.24, 2.45) is 0 Å². The van der Waals surface area contributed by atoms with Crippen LogP contribution in [0.1, 0.15) is 80.1 Å². The summed E-state index contributed by atoms with van der Waals surface area (Å²) >= 11 is 7.42. The second-order valence-electron chi connectivity index (χ2n) is 6.69. The molecule has 1 nitrogen and oxygen atoms in total. The van der Waals surface area contributed by atoms with Crippen LogP contribution in [-0.4, -0.2) is 6.43 Å².